The Morgan fingerprint density at radius 1 is 1.00 bits per heavy atom. The second-order valence-corrected chi connectivity index (χ2v) is 4.01. The molecule has 1 aromatic carbocycles. The molecule has 15 heavy (non-hydrogen) atoms. The van der Waals surface area contributed by atoms with E-state index in [0.717, 1.165) is 5.92 Å². The van der Waals surface area contributed by atoms with Crippen LogP contribution < -0.4 is 4.90 Å². The van der Waals surface area contributed by atoms with E-state index in [1.54, 1.807) is 0 Å². The van der Waals surface area contributed by atoms with Gasteiger partial charge in [-0.05, 0) is 30.9 Å². The fourth-order valence-electron chi connectivity index (χ4n) is 1.91. The summed E-state index contributed by atoms with van der Waals surface area (Å²) >= 11 is 0. The van der Waals surface area contributed by atoms with Crippen LogP contribution in [0, 0.1) is 5.92 Å². The molecule has 0 N–H and O–H groups in total. The highest BCUT2D eigenvalue weighted by Crippen LogP contribution is 2.21. The number of rotatable bonds is 1. The Morgan fingerprint density at radius 2 is 1.53 bits per heavy atom. The van der Waals surface area contributed by atoms with Gasteiger partial charge in [0.1, 0.15) is 0 Å². The minimum atomic E-state index is 0.917. The average Bonchev–Trinajstić information content (AvgIpc) is 2.34. The van der Waals surface area contributed by atoms with Crippen molar-refractivity contribution in [1.29, 1.82) is 0 Å². The van der Waals surface area contributed by atoms with E-state index in [0.29, 0.717) is 0 Å². The van der Waals surface area contributed by atoms with E-state index in [1.807, 2.05) is 13.8 Å². The first-order valence-electron chi connectivity index (χ1n) is 6.16. The zero-order chi connectivity index (χ0) is 11.1. The van der Waals surface area contributed by atoms with Crippen LogP contribution in [0.2, 0.25) is 0 Å². The van der Waals surface area contributed by atoms with Crippen molar-refractivity contribution in [3.05, 3.63) is 30.3 Å². The first-order chi connectivity index (χ1) is 7.36. The van der Waals surface area contributed by atoms with Gasteiger partial charge in [0.2, 0.25) is 0 Å². The standard InChI is InChI=1S/C12H17N.C2H6/c1-11-7-9-13(10-8-11)12-5-3-2-4-6-12;1-2/h2-6,11H,7-10H2,1H3;1-2H3. The molecule has 2 rings (SSSR count). The van der Waals surface area contributed by atoms with Crippen LogP contribution >= 0.6 is 0 Å². The Morgan fingerprint density at radius 3 is 2.07 bits per heavy atom. The summed E-state index contributed by atoms with van der Waals surface area (Å²) in [6, 6.07) is 10.7. The summed E-state index contributed by atoms with van der Waals surface area (Å²) in [6.45, 7) is 8.80. The molecule has 0 saturated carbocycles. The Balaban J connectivity index is 0.000000531. The topological polar surface area (TPSA) is 3.24 Å². The number of piperidine rings is 1. The zero-order valence-corrected chi connectivity index (χ0v) is 10.2. The van der Waals surface area contributed by atoms with Crippen molar-refractivity contribution < 1.29 is 0 Å². The van der Waals surface area contributed by atoms with Crippen molar-refractivity contribution in [1.82, 2.24) is 0 Å². The molecule has 1 nitrogen and oxygen atoms in total. The lowest BCUT2D eigenvalue weighted by Crippen LogP contribution is -2.32. The number of hydrogen-bond acceptors (Lipinski definition) is 1. The summed E-state index contributed by atoms with van der Waals surface area (Å²) in [4.78, 5) is 2.49. The molecule has 0 bridgehead atoms. The van der Waals surface area contributed by atoms with Gasteiger partial charge < -0.3 is 4.90 Å². The van der Waals surface area contributed by atoms with Crippen LogP contribution in [0.15, 0.2) is 30.3 Å². The molecule has 1 heterocycles. The molecule has 1 fully saturated rings. The third-order valence-corrected chi connectivity index (χ3v) is 2.90. The van der Waals surface area contributed by atoms with Gasteiger partial charge in [-0.2, -0.15) is 0 Å². The molecule has 1 aliphatic rings. The monoisotopic (exact) mass is 205 g/mol. The van der Waals surface area contributed by atoms with Gasteiger partial charge in [-0.1, -0.05) is 39.0 Å². The Hall–Kier alpha value is -0.980. The first kappa shape index (κ1) is 12.1. The van der Waals surface area contributed by atoms with Gasteiger partial charge in [0, 0.05) is 18.8 Å². The van der Waals surface area contributed by atoms with Crippen molar-refractivity contribution in [3.8, 4) is 0 Å². The molecule has 1 heteroatoms. The third kappa shape index (κ3) is 3.58. The zero-order valence-electron chi connectivity index (χ0n) is 10.2. The lowest BCUT2D eigenvalue weighted by molar-refractivity contribution is 0.438. The van der Waals surface area contributed by atoms with Crippen LogP contribution in [-0.2, 0) is 0 Å². The summed E-state index contributed by atoms with van der Waals surface area (Å²) < 4.78 is 0. The molecule has 0 amide bonds. The van der Waals surface area contributed by atoms with Gasteiger partial charge in [0.15, 0.2) is 0 Å². The van der Waals surface area contributed by atoms with E-state index in [2.05, 4.69) is 42.2 Å². The number of nitrogens with zero attached hydrogens (tertiary/aromatic N) is 1. The van der Waals surface area contributed by atoms with Gasteiger partial charge >= 0.3 is 0 Å². The van der Waals surface area contributed by atoms with Gasteiger partial charge in [0.25, 0.3) is 0 Å². The molecular weight excluding hydrogens is 182 g/mol. The molecule has 1 saturated heterocycles. The highest BCUT2D eigenvalue weighted by molar-refractivity contribution is 5.46. The molecule has 84 valence electrons. The largest absolute Gasteiger partial charge is 0.372 e. The molecule has 1 aliphatic heterocycles. The number of anilines is 1. The van der Waals surface area contributed by atoms with E-state index in [9.17, 15) is 0 Å². The summed E-state index contributed by atoms with van der Waals surface area (Å²) in [7, 11) is 0. The highest BCUT2D eigenvalue weighted by Gasteiger charge is 2.15. The van der Waals surface area contributed by atoms with E-state index in [-0.39, 0.29) is 0 Å². The van der Waals surface area contributed by atoms with Crippen LogP contribution in [0.4, 0.5) is 5.69 Å². The van der Waals surface area contributed by atoms with E-state index >= 15 is 0 Å². The molecule has 1 aromatic rings. The maximum absolute atomic E-state index is 2.49. The predicted octanol–water partition coefficient (Wildman–Crippen LogP) is 3.95. The maximum Gasteiger partial charge on any atom is 0.0366 e. The molecule has 0 radical (unpaired) electrons. The van der Waals surface area contributed by atoms with Gasteiger partial charge in [0.05, 0.1) is 0 Å². The SMILES string of the molecule is CC.CC1CCN(c2ccccc2)CC1. The van der Waals surface area contributed by atoms with Crippen LogP contribution in [-0.4, -0.2) is 13.1 Å². The van der Waals surface area contributed by atoms with E-state index in [4.69, 9.17) is 0 Å². The Labute approximate surface area is 94.1 Å². The fraction of sp³-hybridized carbons (Fsp3) is 0.571. The van der Waals surface area contributed by atoms with Crippen molar-refractivity contribution in [3.63, 3.8) is 0 Å². The van der Waals surface area contributed by atoms with Crippen LogP contribution in [0.25, 0.3) is 0 Å². The van der Waals surface area contributed by atoms with E-state index in [1.165, 1.54) is 31.6 Å². The van der Waals surface area contributed by atoms with Gasteiger partial charge in [-0.15, -0.1) is 0 Å². The lowest BCUT2D eigenvalue weighted by Gasteiger charge is -2.32. The summed E-state index contributed by atoms with van der Waals surface area (Å²) in [5.74, 6) is 0.917. The van der Waals surface area contributed by atoms with Crippen LogP contribution in [0.1, 0.15) is 33.6 Å². The van der Waals surface area contributed by atoms with Crippen molar-refractivity contribution >= 4 is 5.69 Å². The molecule has 0 spiro atoms. The molecule has 0 unspecified atom stereocenters. The normalized spacial score (nSPS) is 16.9. The Kier molecular flexibility index (Phi) is 5.23. The smallest absolute Gasteiger partial charge is 0.0366 e. The minimum absolute atomic E-state index is 0.917. The van der Waals surface area contributed by atoms with Gasteiger partial charge in [-0.25, -0.2) is 0 Å². The second-order valence-electron chi connectivity index (χ2n) is 4.01. The summed E-state index contributed by atoms with van der Waals surface area (Å²) in [5.41, 5.74) is 1.38. The average molecular weight is 205 g/mol. The quantitative estimate of drug-likeness (QED) is 0.671. The van der Waals surface area contributed by atoms with Crippen molar-refractivity contribution in [2.45, 2.75) is 33.6 Å². The predicted molar refractivity (Wildman–Crippen MR) is 68.4 cm³/mol. The molecular formula is C14H23N. The van der Waals surface area contributed by atoms with Crippen LogP contribution in [0.3, 0.4) is 0 Å². The summed E-state index contributed by atoms with van der Waals surface area (Å²) in [6.07, 6.45) is 2.68. The lowest BCUT2D eigenvalue weighted by atomic mass is 9.99. The number of hydrogen-bond donors (Lipinski definition) is 0. The van der Waals surface area contributed by atoms with Crippen molar-refractivity contribution in [2.24, 2.45) is 5.92 Å². The molecule has 0 aliphatic carbocycles. The number of para-hydroxylation sites is 1. The molecule has 0 atom stereocenters. The highest BCUT2D eigenvalue weighted by atomic mass is 15.1. The third-order valence-electron chi connectivity index (χ3n) is 2.90. The second kappa shape index (κ2) is 6.49. The Bertz CT molecular complexity index is 247. The molecule has 0 aromatic heterocycles. The number of benzene rings is 1. The fourth-order valence-corrected chi connectivity index (χ4v) is 1.91. The minimum Gasteiger partial charge on any atom is -0.372 e. The maximum atomic E-state index is 2.49. The van der Waals surface area contributed by atoms with Crippen molar-refractivity contribution in [2.75, 3.05) is 18.0 Å². The summed E-state index contributed by atoms with van der Waals surface area (Å²) in [5, 5.41) is 0. The van der Waals surface area contributed by atoms with Crippen LogP contribution in [0.5, 0.6) is 0 Å². The van der Waals surface area contributed by atoms with E-state index < -0.39 is 0 Å². The first-order valence-corrected chi connectivity index (χ1v) is 6.16. The van der Waals surface area contributed by atoms with Gasteiger partial charge in [-0.3, -0.25) is 0 Å².